The molecular weight excluding hydrogens is 274 g/mol. The molecule has 1 fully saturated rings. The predicted molar refractivity (Wildman–Crippen MR) is 75.5 cm³/mol. The maximum absolute atomic E-state index is 12.1. The molecule has 1 aromatic rings. The first-order valence-electron chi connectivity index (χ1n) is 6.71. The number of aliphatic hydroxyl groups excluding tert-OH is 1. The predicted octanol–water partition coefficient (Wildman–Crippen LogP) is 0.0965. The van der Waals surface area contributed by atoms with E-state index < -0.39 is 24.0 Å². The number of aryl methyl sites for hydroxylation is 2. The highest BCUT2D eigenvalue weighted by Gasteiger charge is 2.38. The lowest BCUT2D eigenvalue weighted by atomic mass is 10.1. The van der Waals surface area contributed by atoms with Crippen LogP contribution in [-0.4, -0.2) is 55.5 Å². The van der Waals surface area contributed by atoms with Crippen molar-refractivity contribution >= 4 is 18.0 Å². The molecule has 0 saturated carbocycles. The molecule has 1 amide bonds. The van der Waals surface area contributed by atoms with Crippen LogP contribution >= 0.6 is 0 Å². The number of β-amino-alcohol motifs (C(OH)–C–C–N with tert-alkyl or cyclic N) is 1. The number of aromatic nitrogens is 2. The number of amides is 1. The molecule has 0 bridgehead atoms. The van der Waals surface area contributed by atoms with Crippen LogP contribution in [0.5, 0.6) is 0 Å². The number of hydrogen-bond acceptors (Lipinski definition) is 4. The summed E-state index contributed by atoms with van der Waals surface area (Å²) in [5.41, 5.74) is 2.57. The molecule has 1 aliphatic heterocycles. The van der Waals surface area contributed by atoms with Crippen LogP contribution < -0.4 is 0 Å². The minimum absolute atomic E-state index is 0.0468. The zero-order chi connectivity index (χ0) is 15.7. The van der Waals surface area contributed by atoms with Gasteiger partial charge < -0.3 is 15.1 Å². The fourth-order valence-electron chi connectivity index (χ4n) is 2.57. The molecule has 0 spiro atoms. The van der Waals surface area contributed by atoms with Crippen LogP contribution in [0.1, 0.15) is 23.4 Å². The average molecular weight is 293 g/mol. The largest absolute Gasteiger partial charge is 0.480 e. The van der Waals surface area contributed by atoms with Crippen molar-refractivity contribution in [3.8, 4) is 0 Å². The highest BCUT2D eigenvalue weighted by molar-refractivity contribution is 5.95. The number of hydrogen-bond donors (Lipinski definition) is 2. The number of carbonyl (C=O) groups excluding carboxylic acids is 1. The third-order valence-corrected chi connectivity index (χ3v) is 3.80. The zero-order valence-corrected chi connectivity index (χ0v) is 12.3. The quantitative estimate of drug-likeness (QED) is 0.770. The Labute approximate surface area is 122 Å². The summed E-state index contributed by atoms with van der Waals surface area (Å²) in [6.07, 6.45) is 2.26. The standard InChI is InChI=1S/C14H19N3O4/c1-8-11(9(2)16(3)15-8)4-5-13(19)17-7-10(18)6-12(17)14(20)21/h4-5,10,12,18H,6-7H2,1-3H3,(H,20,21)/b5-4+/t10?,12-/m0/s1. The van der Waals surface area contributed by atoms with Crippen molar-refractivity contribution in [1.82, 2.24) is 14.7 Å². The molecule has 114 valence electrons. The van der Waals surface area contributed by atoms with Crippen molar-refractivity contribution in [3.63, 3.8) is 0 Å². The molecule has 2 atom stereocenters. The Bertz CT molecular complexity index is 606. The molecule has 1 aliphatic rings. The Morgan fingerprint density at radius 1 is 1.38 bits per heavy atom. The number of carboxylic acid groups (broad SMARTS) is 1. The Kier molecular flexibility index (Phi) is 4.13. The Morgan fingerprint density at radius 3 is 2.57 bits per heavy atom. The molecule has 1 aromatic heterocycles. The molecule has 1 saturated heterocycles. The SMILES string of the molecule is Cc1nn(C)c(C)c1/C=C/C(=O)N1CC(O)C[C@H]1C(=O)O. The van der Waals surface area contributed by atoms with E-state index in [1.54, 1.807) is 10.8 Å². The van der Waals surface area contributed by atoms with Crippen molar-refractivity contribution in [3.05, 3.63) is 23.0 Å². The van der Waals surface area contributed by atoms with Crippen LogP contribution in [0.4, 0.5) is 0 Å². The van der Waals surface area contributed by atoms with Gasteiger partial charge in [-0.1, -0.05) is 0 Å². The Hall–Kier alpha value is -2.15. The van der Waals surface area contributed by atoms with Gasteiger partial charge in [0.25, 0.3) is 0 Å². The highest BCUT2D eigenvalue weighted by Crippen LogP contribution is 2.20. The first-order valence-corrected chi connectivity index (χ1v) is 6.71. The lowest BCUT2D eigenvalue weighted by molar-refractivity contribution is -0.146. The van der Waals surface area contributed by atoms with Crippen LogP contribution in [0.15, 0.2) is 6.08 Å². The molecule has 0 radical (unpaired) electrons. The summed E-state index contributed by atoms with van der Waals surface area (Å²) < 4.78 is 1.72. The van der Waals surface area contributed by atoms with Crippen molar-refractivity contribution in [2.24, 2.45) is 7.05 Å². The molecule has 1 unspecified atom stereocenters. The number of likely N-dealkylation sites (tertiary alicyclic amines) is 1. The second-order valence-corrected chi connectivity index (χ2v) is 5.28. The fourth-order valence-corrected chi connectivity index (χ4v) is 2.57. The van der Waals surface area contributed by atoms with Gasteiger partial charge in [-0.25, -0.2) is 4.79 Å². The van der Waals surface area contributed by atoms with Gasteiger partial charge in [-0.3, -0.25) is 9.48 Å². The third kappa shape index (κ3) is 2.97. The molecule has 0 aliphatic carbocycles. The van der Waals surface area contributed by atoms with Gasteiger partial charge in [-0.05, 0) is 19.9 Å². The lowest BCUT2D eigenvalue weighted by Gasteiger charge is -2.19. The average Bonchev–Trinajstić information content (AvgIpc) is 2.90. The Morgan fingerprint density at radius 2 is 2.05 bits per heavy atom. The van der Waals surface area contributed by atoms with Crippen molar-refractivity contribution in [2.45, 2.75) is 32.4 Å². The van der Waals surface area contributed by atoms with E-state index in [1.807, 2.05) is 20.9 Å². The lowest BCUT2D eigenvalue weighted by Crippen LogP contribution is -2.39. The van der Waals surface area contributed by atoms with E-state index in [2.05, 4.69) is 5.10 Å². The summed E-state index contributed by atoms with van der Waals surface area (Å²) in [7, 11) is 1.82. The summed E-state index contributed by atoms with van der Waals surface area (Å²) in [6, 6.07) is -0.965. The zero-order valence-electron chi connectivity index (χ0n) is 12.3. The van der Waals surface area contributed by atoms with Gasteiger partial charge in [0.05, 0.1) is 11.8 Å². The molecule has 2 rings (SSSR count). The fraction of sp³-hybridized carbons (Fsp3) is 0.500. The Balaban J connectivity index is 2.17. The minimum atomic E-state index is -1.10. The van der Waals surface area contributed by atoms with Crippen LogP contribution in [0.2, 0.25) is 0 Å². The van der Waals surface area contributed by atoms with E-state index in [-0.39, 0.29) is 13.0 Å². The minimum Gasteiger partial charge on any atom is -0.480 e. The number of carbonyl (C=O) groups is 2. The molecule has 2 N–H and O–H groups in total. The van der Waals surface area contributed by atoms with Gasteiger partial charge in [0.2, 0.25) is 5.91 Å². The van der Waals surface area contributed by atoms with Crippen molar-refractivity contribution in [1.29, 1.82) is 0 Å². The van der Waals surface area contributed by atoms with E-state index >= 15 is 0 Å². The maximum Gasteiger partial charge on any atom is 0.326 e. The van der Waals surface area contributed by atoms with Gasteiger partial charge in [-0.15, -0.1) is 0 Å². The smallest absolute Gasteiger partial charge is 0.326 e. The van der Waals surface area contributed by atoms with Gasteiger partial charge >= 0.3 is 5.97 Å². The molecule has 21 heavy (non-hydrogen) atoms. The summed E-state index contributed by atoms with van der Waals surface area (Å²) in [5.74, 6) is -1.51. The van der Waals surface area contributed by atoms with Crippen LogP contribution in [0.25, 0.3) is 6.08 Å². The molecule has 0 aromatic carbocycles. The monoisotopic (exact) mass is 293 g/mol. The first kappa shape index (κ1) is 15.2. The summed E-state index contributed by atoms with van der Waals surface area (Å²) in [6.45, 7) is 3.78. The summed E-state index contributed by atoms with van der Waals surface area (Å²) in [5, 5.41) is 22.9. The second-order valence-electron chi connectivity index (χ2n) is 5.28. The van der Waals surface area contributed by atoms with E-state index in [0.29, 0.717) is 0 Å². The molecule has 7 heteroatoms. The number of rotatable bonds is 3. The number of nitrogens with zero attached hydrogens (tertiary/aromatic N) is 3. The van der Waals surface area contributed by atoms with E-state index in [0.717, 1.165) is 17.0 Å². The molecular formula is C14H19N3O4. The van der Waals surface area contributed by atoms with Gasteiger partial charge in [0.15, 0.2) is 0 Å². The normalized spacial score (nSPS) is 22.2. The topological polar surface area (TPSA) is 95.7 Å². The van der Waals surface area contributed by atoms with E-state index in [1.165, 1.54) is 11.0 Å². The number of aliphatic carboxylic acids is 1. The van der Waals surface area contributed by atoms with Crippen LogP contribution in [0, 0.1) is 13.8 Å². The van der Waals surface area contributed by atoms with Crippen molar-refractivity contribution in [2.75, 3.05) is 6.54 Å². The van der Waals surface area contributed by atoms with Gasteiger partial charge in [0.1, 0.15) is 6.04 Å². The highest BCUT2D eigenvalue weighted by atomic mass is 16.4. The van der Waals surface area contributed by atoms with Gasteiger partial charge in [-0.2, -0.15) is 5.10 Å². The van der Waals surface area contributed by atoms with E-state index in [9.17, 15) is 14.7 Å². The summed E-state index contributed by atoms with van der Waals surface area (Å²) in [4.78, 5) is 24.4. The van der Waals surface area contributed by atoms with E-state index in [4.69, 9.17) is 5.11 Å². The van der Waals surface area contributed by atoms with Crippen LogP contribution in [-0.2, 0) is 16.6 Å². The first-order chi connectivity index (χ1) is 9.81. The summed E-state index contributed by atoms with van der Waals surface area (Å²) >= 11 is 0. The number of carboxylic acids is 1. The van der Waals surface area contributed by atoms with Crippen molar-refractivity contribution < 1.29 is 19.8 Å². The molecule has 2 heterocycles. The molecule has 7 nitrogen and oxygen atoms in total. The maximum atomic E-state index is 12.1. The second kappa shape index (κ2) is 5.69. The number of aliphatic hydroxyl groups is 1. The van der Waals surface area contributed by atoms with Crippen LogP contribution in [0.3, 0.4) is 0 Å². The third-order valence-electron chi connectivity index (χ3n) is 3.80. The van der Waals surface area contributed by atoms with Gasteiger partial charge in [0, 0.05) is 37.3 Å².